The Morgan fingerprint density at radius 2 is 1.80 bits per heavy atom. The molecule has 30 heavy (non-hydrogen) atoms. The number of alkyl halides is 3. The van der Waals surface area contributed by atoms with E-state index >= 15 is 0 Å². The van der Waals surface area contributed by atoms with Crippen LogP contribution in [0.25, 0.3) is 0 Å². The van der Waals surface area contributed by atoms with Crippen molar-refractivity contribution in [2.24, 2.45) is 0 Å². The second-order valence-electron chi connectivity index (χ2n) is 6.82. The van der Waals surface area contributed by atoms with E-state index in [2.05, 4.69) is 15.2 Å². The van der Waals surface area contributed by atoms with Crippen molar-refractivity contribution in [3.05, 3.63) is 76.6 Å². The summed E-state index contributed by atoms with van der Waals surface area (Å²) in [5.41, 5.74) is -0.760. The highest BCUT2D eigenvalue weighted by Crippen LogP contribution is 2.54. The molecule has 0 spiro atoms. The van der Waals surface area contributed by atoms with Crippen LogP contribution in [-0.4, -0.2) is 33.7 Å². The molecule has 154 valence electrons. The molecule has 1 aromatic carbocycles. The lowest BCUT2D eigenvalue weighted by molar-refractivity contribution is -0.141. The van der Waals surface area contributed by atoms with Gasteiger partial charge in [-0.25, -0.2) is 12.8 Å². The summed E-state index contributed by atoms with van der Waals surface area (Å²) in [7, 11) is -4.52. The predicted molar refractivity (Wildman–Crippen MR) is 92.2 cm³/mol. The number of nitrogens with zero attached hydrogens (tertiary/aromatic N) is 3. The number of ketones is 1. The first-order valence-corrected chi connectivity index (χ1v) is 9.99. The number of carbonyl (C=O) groups excluding carboxylic acids is 1. The van der Waals surface area contributed by atoms with Crippen LogP contribution < -0.4 is 0 Å². The van der Waals surface area contributed by atoms with E-state index in [0.717, 1.165) is 16.4 Å². The number of H-pyrrole nitrogens is 1. The number of pyridine rings is 1. The third-order valence-electron chi connectivity index (χ3n) is 5.22. The number of aromatic nitrogens is 3. The Morgan fingerprint density at radius 1 is 1.03 bits per heavy atom. The van der Waals surface area contributed by atoms with Crippen LogP contribution in [0.1, 0.15) is 45.0 Å². The third kappa shape index (κ3) is 2.40. The molecule has 7 nitrogen and oxygen atoms in total. The number of aromatic amines is 1. The van der Waals surface area contributed by atoms with Crippen LogP contribution in [0.15, 0.2) is 47.6 Å². The molecule has 12 heteroatoms. The number of benzene rings is 1. The highest BCUT2D eigenvalue weighted by Gasteiger charge is 2.56. The van der Waals surface area contributed by atoms with Gasteiger partial charge in [0.05, 0.1) is 12.2 Å². The number of carbonyl (C=O) groups is 1. The number of hydrogen-bond acceptors (Lipinski definition) is 5. The van der Waals surface area contributed by atoms with E-state index in [4.69, 9.17) is 0 Å². The fourth-order valence-corrected chi connectivity index (χ4v) is 5.63. The van der Waals surface area contributed by atoms with Gasteiger partial charge in [0.2, 0.25) is 15.8 Å². The first-order chi connectivity index (χ1) is 14.1. The molecule has 1 N–H and O–H groups in total. The number of Topliss-reactive ketones (excluding diaryl/α,β-unsaturated/α-hetero) is 1. The van der Waals surface area contributed by atoms with Gasteiger partial charge in [-0.05, 0) is 23.8 Å². The molecular weight excluding hydrogens is 428 g/mol. The quantitative estimate of drug-likeness (QED) is 0.621. The van der Waals surface area contributed by atoms with Crippen LogP contribution in [0.3, 0.4) is 0 Å². The molecule has 3 aromatic rings. The lowest BCUT2D eigenvalue weighted by Gasteiger charge is -2.32. The molecule has 2 atom stereocenters. The molecule has 5 rings (SSSR count). The average molecular weight is 438 g/mol. The predicted octanol–water partition coefficient (Wildman–Crippen LogP) is 2.99. The first kappa shape index (κ1) is 18.9. The number of hydrogen-bond donors (Lipinski definition) is 1. The summed E-state index contributed by atoms with van der Waals surface area (Å²) in [6.07, 6.45) is -2.89. The molecule has 0 saturated carbocycles. The summed E-state index contributed by atoms with van der Waals surface area (Å²) in [5.74, 6) is -1.46. The van der Waals surface area contributed by atoms with Crippen LogP contribution in [0.2, 0.25) is 0 Å². The van der Waals surface area contributed by atoms with Crippen molar-refractivity contribution in [1.29, 1.82) is 0 Å². The van der Waals surface area contributed by atoms with Crippen molar-refractivity contribution in [2.75, 3.05) is 0 Å². The maximum Gasteiger partial charge on any atom is 0.433 e. The van der Waals surface area contributed by atoms with Crippen molar-refractivity contribution in [1.82, 2.24) is 19.5 Å². The smallest absolute Gasteiger partial charge is 0.290 e. The van der Waals surface area contributed by atoms with Gasteiger partial charge in [-0.3, -0.25) is 14.9 Å². The molecule has 4 heterocycles. The summed E-state index contributed by atoms with van der Waals surface area (Å²) < 4.78 is 80.6. The van der Waals surface area contributed by atoms with E-state index in [1.807, 2.05) is 0 Å². The van der Waals surface area contributed by atoms with Gasteiger partial charge < -0.3 is 0 Å². The minimum absolute atomic E-state index is 0.0672. The van der Waals surface area contributed by atoms with Crippen LogP contribution in [-0.2, 0) is 16.2 Å². The molecule has 0 fully saturated rings. The summed E-state index contributed by atoms with van der Waals surface area (Å²) >= 11 is 0. The average Bonchev–Trinajstić information content (AvgIpc) is 3.28. The van der Waals surface area contributed by atoms with E-state index in [-0.39, 0.29) is 22.4 Å². The van der Waals surface area contributed by atoms with Gasteiger partial charge in [0, 0.05) is 17.3 Å². The zero-order valence-electron chi connectivity index (χ0n) is 14.7. The molecule has 2 aliphatic heterocycles. The van der Waals surface area contributed by atoms with Gasteiger partial charge in [0.1, 0.15) is 28.1 Å². The standard InChI is InChI=1S/C18H10F4N4O3S/c19-11-3-1-2-9-13(11)16-17(27)14-10(7-24-25-14)15(9)26(16)30(28,29)8-4-5-12(23-6-8)18(20,21)22/h1-7,15-16H,(H,24,25). The first-order valence-electron chi connectivity index (χ1n) is 8.55. The van der Waals surface area contributed by atoms with E-state index in [9.17, 15) is 30.8 Å². The van der Waals surface area contributed by atoms with Crippen molar-refractivity contribution in [3.8, 4) is 0 Å². The van der Waals surface area contributed by atoms with E-state index < -0.39 is 50.5 Å². The lowest BCUT2D eigenvalue weighted by atomic mass is 10.00. The highest BCUT2D eigenvalue weighted by atomic mass is 32.2. The van der Waals surface area contributed by atoms with Crippen molar-refractivity contribution >= 4 is 15.8 Å². The Morgan fingerprint density at radius 3 is 2.47 bits per heavy atom. The van der Waals surface area contributed by atoms with Gasteiger partial charge in [-0.1, -0.05) is 12.1 Å². The van der Waals surface area contributed by atoms with E-state index in [1.54, 1.807) is 0 Å². The Bertz CT molecular complexity index is 1300. The van der Waals surface area contributed by atoms with Gasteiger partial charge >= 0.3 is 6.18 Å². The van der Waals surface area contributed by atoms with Gasteiger partial charge in [-0.15, -0.1) is 0 Å². The molecule has 2 bridgehead atoms. The SMILES string of the molecule is O=C1c2[nH]ncc2C2c3cccc(F)c3C1N2S(=O)(=O)c1ccc(C(F)(F)F)nc1. The second-order valence-corrected chi connectivity index (χ2v) is 8.67. The van der Waals surface area contributed by atoms with E-state index in [1.165, 1.54) is 18.3 Å². The Hall–Kier alpha value is -3.12. The van der Waals surface area contributed by atoms with Crippen LogP contribution in [0.5, 0.6) is 0 Å². The van der Waals surface area contributed by atoms with Crippen LogP contribution in [0, 0.1) is 5.82 Å². The molecule has 0 amide bonds. The normalized spacial score (nSPS) is 20.9. The number of sulfonamides is 1. The summed E-state index contributed by atoms with van der Waals surface area (Å²) in [6.45, 7) is 0. The van der Waals surface area contributed by atoms with E-state index in [0.29, 0.717) is 12.3 Å². The highest BCUT2D eigenvalue weighted by molar-refractivity contribution is 7.89. The fraction of sp³-hybridized carbons (Fsp3) is 0.167. The Kier molecular flexibility index (Phi) is 3.75. The minimum atomic E-state index is -4.74. The van der Waals surface area contributed by atoms with Crippen molar-refractivity contribution in [2.45, 2.75) is 23.2 Å². The maximum absolute atomic E-state index is 14.6. The summed E-state index contributed by atoms with van der Waals surface area (Å²) in [4.78, 5) is 15.7. The molecule has 0 aliphatic carbocycles. The number of rotatable bonds is 2. The monoisotopic (exact) mass is 438 g/mol. The summed E-state index contributed by atoms with van der Waals surface area (Å²) in [6, 6.07) is 2.75. The van der Waals surface area contributed by atoms with Crippen molar-refractivity contribution in [3.63, 3.8) is 0 Å². The largest absolute Gasteiger partial charge is 0.433 e. The fourth-order valence-electron chi connectivity index (χ4n) is 3.98. The maximum atomic E-state index is 14.6. The topological polar surface area (TPSA) is 96.0 Å². The molecule has 2 aliphatic rings. The zero-order chi connectivity index (χ0) is 21.4. The Balaban J connectivity index is 1.70. The number of halogens is 4. The number of nitrogens with one attached hydrogen (secondary N) is 1. The second kappa shape index (κ2) is 5.95. The van der Waals surface area contributed by atoms with Gasteiger partial charge in [0.25, 0.3) is 0 Å². The third-order valence-corrected chi connectivity index (χ3v) is 7.04. The molecular formula is C18H10F4N4O3S. The van der Waals surface area contributed by atoms with Crippen LogP contribution >= 0.6 is 0 Å². The Labute approximate surface area is 166 Å². The lowest BCUT2D eigenvalue weighted by Crippen LogP contribution is -2.41. The minimum Gasteiger partial charge on any atom is -0.290 e. The van der Waals surface area contributed by atoms with Crippen LogP contribution in [0.4, 0.5) is 17.6 Å². The zero-order valence-corrected chi connectivity index (χ0v) is 15.5. The summed E-state index contributed by atoms with van der Waals surface area (Å²) in [5, 5.41) is 6.32. The molecule has 2 unspecified atom stereocenters. The van der Waals surface area contributed by atoms with Gasteiger partial charge in [-0.2, -0.15) is 22.6 Å². The molecule has 2 aromatic heterocycles. The van der Waals surface area contributed by atoms with Crippen molar-refractivity contribution < 1.29 is 30.8 Å². The molecule has 0 radical (unpaired) electrons. The number of fused-ring (bicyclic) bond motifs is 7. The van der Waals surface area contributed by atoms with Gasteiger partial charge in [0.15, 0.2) is 0 Å². The molecule has 0 saturated heterocycles.